The van der Waals surface area contributed by atoms with Crippen LogP contribution in [0.15, 0.2) is 6.07 Å². The fraction of sp³-hybridized carbons (Fsp3) is 0.615. The Morgan fingerprint density at radius 1 is 1.50 bits per heavy atom. The van der Waals surface area contributed by atoms with Crippen molar-refractivity contribution in [1.82, 2.24) is 14.7 Å². The highest BCUT2D eigenvalue weighted by Gasteiger charge is 2.34. The topological polar surface area (TPSA) is 84.7 Å². The zero-order valence-corrected chi connectivity index (χ0v) is 11.9. The Morgan fingerprint density at radius 3 is 2.75 bits per heavy atom. The number of rotatable bonds is 3. The number of carboxylic acid groups (broad SMARTS) is 1. The van der Waals surface area contributed by atoms with Crippen molar-refractivity contribution in [2.45, 2.75) is 25.8 Å². The molecule has 1 atom stereocenters. The number of morpholine rings is 1. The monoisotopic (exact) mass is 281 g/mol. The Hall–Kier alpha value is -1.89. The summed E-state index contributed by atoms with van der Waals surface area (Å²) in [5.41, 5.74) is 1.22. The van der Waals surface area contributed by atoms with Gasteiger partial charge in [0.15, 0.2) is 11.7 Å². The molecule has 2 rings (SSSR count). The second kappa shape index (κ2) is 5.62. The van der Waals surface area contributed by atoms with Crippen molar-refractivity contribution in [1.29, 1.82) is 0 Å². The van der Waals surface area contributed by atoms with Crippen LogP contribution in [0.2, 0.25) is 0 Å². The molecule has 1 aromatic heterocycles. The van der Waals surface area contributed by atoms with Crippen molar-refractivity contribution in [2.24, 2.45) is 7.05 Å². The van der Waals surface area contributed by atoms with Gasteiger partial charge in [0.2, 0.25) is 0 Å². The largest absolute Gasteiger partial charge is 0.480 e. The van der Waals surface area contributed by atoms with Crippen molar-refractivity contribution >= 4 is 11.9 Å². The van der Waals surface area contributed by atoms with Crippen LogP contribution in [0.4, 0.5) is 0 Å². The van der Waals surface area contributed by atoms with Gasteiger partial charge in [-0.05, 0) is 12.0 Å². The molecule has 1 fully saturated rings. The smallest absolute Gasteiger partial charge is 0.328 e. The predicted molar refractivity (Wildman–Crippen MR) is 70.6 cm³/mol. The van der Waals surface area contributed by atoms with Gasteiger partial charge >= 0.3 is 5.97 Å². The van der Waals surface area contributed by atoms with Crippen LogP contribution in [-0.4, -0.2) is 57.5 Å². The highest BCUT2D eigenvalue weighted by molar-refractivity contribution is 5.95. The van der Waals surface area contributed by atoms with Gasteiger partial charge in [0.05, 0.1) is 13.2 Å². The number of aryl methyl sites for hydroxylation is 1. The lowest BCUT2D eigenvalue weighted by Gasteiger charge is -2.32. The third-order valence-corrected chi connectivity index (χ3v) is 3.40. The van der Waals surface area contributed by atoms with E-state index in [4.69, 9.17) is 9.84 Å². The summed E-state index contributed by atoms with van der Waals surface area (Å²) < 4.78 is 6.79. The molecule has 7 nitrogen and oxygen atoms in total. The van der Waals surface area contributed by atoms with Crippen LogP contribution in [0.1, 0.15) is 35.9 Å². The Labute approximate surface area is 117 Å². The summed E-state index contributed by atoms with van der Waals surface area (Å²) >= 11 is 0. The Kier molecular flexibility index (Phi) is 4.08. The first-order valence-corrected chi connectivity index (χ1v) is 6.57. The molecule has 1 aromatic rings. The lowest BCUT2D eigenvalue weighted by molar-refractivity contribution is -0.147. The number of ether oxygens (including phenoxy) is 1. The van der Waals surface area contributed by atoms with E-state index < -0.39 is 12.0 Å². The van der Waals surface area contributed by atoms with E-state index in [1.807, 2.05) is 13.8 Å². The van der Waals surface area contributed by atoms with Gasteiger partial charge < -0.3 is 14.7 Å². The molecule has 1 aliphatic heterocycles. The number of carbonyl (C=O) groups is 2. The fourth-order valence-corrected chi connectivity index (χ4v) is 2.33. The molecule has 0 bridgehead atoms. The number of hydrogen-bond donors (Lipinski definition) is 1. The molecule has 0 spiro atoms. The average Bonchev–Trinajstić information content (AvgIpc) is 2.80. The zero-order valence-electron chi connectivity index (χ0n) is 11.9. The number of carboxylic acids is 1. The molecule has 110 valence electrons. The number of aliphatic carboxylic acids is 1. The molecule has 0 aromatic carbocycles. The van der Waals surface area contributed by atoms with E-state index in [1.165, 1.54) is 4.90 Å². The van der Waals surface area contributed by atoms with E-state index in [1.54, 1.807) is 17.8 Å². The molecule has 1 aliphatic rings. The van der Waals surface area contributed by atoms with E-state index in [0.29, 0.717) is 6.61 Å². The molecule has 1 N–H and O–H groups in total. The van der Waals surface area contributed by atoms with Gasteiger partial charge in [-0.1, -0.05) is 13.8 Å². The molecule has 7 heteroatoms. The van der Waals surface area contributed by atoms with Crippen molar-refractivity contribution < 1.29 is 19.4 Å². The summed E-state index contributed by atoms with van der Waals surface area (Å²) in [6.07, 6.45) is 0. The summed E-state index contributed by atoms with van der Waals surface area (Å²) in [7, 11) is 1.78. The lowest BCUT2D eigenvalue weighted by Crippen LogP contribution is -2.52. The first-order valence-electron chi connectivity index (χ1n) is 6.57. The highest BCUT2D eigenvalue weighted by atomic mass is 16.5. The van der Waals surface area contributed by atoms with Crippen LogP contribution in [0.5, 0.6) is 0 Å². The SMILES string of the molecule is CC(C)c1cc(C(=O)N2CCOC[C@@H]2C(=O)O)nn1C. The molecule has 20 heavy (non-hydrogen) atoms. The van der Waals surface area contributed by atoms with Crippen molar-refractivity contribution in [3.63, 3.8) is 0 Å². The normalized spacial score (nSPS) is 19.4. The molecule has 0 radical (unpaired) electrons. The lowest BCUT2D eigenvalue weighted by atomic mass is 10.1. The minimum Gasteiger partial charge on any atom is -0.480 e. The minimum atomic E-state index is -1.06. The van der Waals surface area contributed by atoms with Crippen LogP contribution in [0.25, 0.3) is 0 Å². The van der Waals surface area contributed by atoms with Gasteiger partial charge in [-0.25, -0.2) is 4.79 Å². The summed E-state index contributed by atoms with van der Waals surface area (Å²) in [6, 6.07) is 0.780. The second-order valence-electron chi connectivity index (χ2n) is 5.16. The maximum absolute atomic E-state index is 12.4. The Morgan fingerprint density at radius 2 is 2.20 bits per heavy atom. The molecule has 1 amide bonds. The predicted octanol–water partition coefficient (Wildman–Crippen LogP) is 0.469. The van der Waals surface area contributed by atoms with Crippen LogP contribution in [0.3, 0.4) is 0 Å². The van der Waals surface area contributed by atoms with E-state index in [2.05, 4.69) is 5.10 Å². The van der Waals surface area contributed by atoms with Gasteiger partial charge in [0, 0.05) is 19.3 Å². The molecule has 0 saturated carbocycles. The van der Waals surface area contributed by atoms with Gasteiger partial charge in [0.1, 0.15) is 0 Å². The number of aromatic nitrogens is 2. The van der Waals surface area contributed by atoms with E-state index in [-0.39, 0.29) is 30.7 Å². The second-order valence-corrected chi connectivity index (χ2v) is 5.16. The van der Waals surface area contributed by atoms with E-state index in [0.717, 1.165) is 5.69 Å². The average molecular weight is 281 g/mol. The van der Waals surface area contributed by atoms with Crippen LogP contribution >= 0.6 is 0 Å². The zero-order chi connectivity index (χ0) is 14.9. The number of carbonyl (C=O) groups excluding carboxylic acids is 1. The number of hydrogen-bond acceptors (Lipinski definition) is 4. The summed E-state index contributed by atoms with van der Waals surface area (Å²) in [4.78, 5) is 24.9. The van der Waals surface area contributed by atoms with Crippen molar-refractivity contribution in [2.75, 3.05) is 19.8 Å². The molecular formula is C13H19N3O4. The van der Waals surface area contributed by atoms with Crippen molar-refractivity contribution in [3.05, 3.63) is 17.5 Å². The van der Waals surface area contributed by atoms with Gasteiger partial charge in [-0.15, -0.1) is 0 Å². The number of nitrogens with zero attached hydrogens (tertiary/aromatic N) is 3. The van der Waals surface area contributed by atoms with Gasteiger partial charge in [-0.3, -0.25) is 9.48 Å². The summed E-state index contributed by atoms with van der Waals surface area (Å²) in [5.74, 6) is -1.17. The summed E-state index contributed by atoms with van der Waals surface area (Å²) in [6.45, 7) is 4.66. The highest BCUT2D eigenvalue weighted by Crippen LogP contribution is 2.17. The van der Waals surface area contributed by atoms with Gasteiger partial charge in [-0.2, -0.15) is 5.10 Å². The van der Waals surface area contributed by atoms with Gasteiger partial charge in [0.25, 0.3) is 5.91 Å². The number of amides is 1. The Bertz CT molecular complexity index is 524. The maximum atomic E-state index is 12.4. The van der Waals surface area contributed by atoms with Crippen LogP contribution in [0, 0.1) is 0 Å². The Balaban J connectivity index is 2.25. The third kappa shape index (κ3) is 2.67. The van der Waals surface area contributed by atoms with Crippen LogP contribution < -0.4 is 0 Å². The standard InChI is InChI=1S/C13H19N3O4/c1-8(2)10-6-9(14-15(10)3)12(17)16-4-5-20-7-11(16)13(18)19/h6,8,11H,4-5,7H2,1-3H3,(H,18,19)/t11-/m1/s1. The minimum absolute atomic E-state index is 0.0188. The van der Waals surface area contributed by atoms with E-state index >= 15 is 0 Å². The molecule has 0 unspecified atom stereocenters. The van der Waals surface area contributed by atoms with E-state index in [9.17, 15) is 9.59 Å². The molecular weight excluding hydrogens is 262 g/mol. The van der Waals surface area contributed by atoms with Crippen molar-refractivity contribution in [3.8, 4) is 0 Å². The first-order chi connectivity index (χ1) is 9.41. The summed E-state index contributed by atoms with van der Waals surface area (Å²) in [5, 5.41) is 13.3. The maximum Gasteiger partial charge on any atom is 0.328 e. The molecule has 0 aliphatic carbocycles. The van der Waals surface area contributed by atoms with Crippen LogP contribution in [-0.2, 0) is 16.6 Å². The molecule has 1 saturated heterocycles. The quantitative estimate of drug-likeness (QED) is 0.870. The third-order valence-electron chi connectivity index (χ3n) is 3.40. The fourth-order valence-electron chi connectivity index (χ4n) is 2.33. The first kappa shape index (κ1) is 14.5. The molecule has 2 heterocycles.